The van der Waals surface area contributed by atoms with E-state index in [0.717, 1.165) is 0 Å². The van der Waals surface area contributed by atoms with Crippen molar-refractivity contribution in [3.05, 3.63) is 0 Å². The van der Waals surface area contributed by atoms with Crippen molar-refractivity contribution in [3.63, 3.8) is 0 Å². The maximum absolute atomic E-state index is 10.2. The molecule has 0 aromatic heterocycles. The Kier molecular flexibility index (Phi) is 22.2. The van der Waals surface area contributed by atoms with Gasteiger partial charge in [0.1, 0.15) is 0 Å². The quantitative estimate of drug-likeness (QED) is 0.434. The van der Waals surface area contributed by atoms with E-state index >= 15 is 0 Å². The molecule has 10 heteroatoms. The number of hydrogen-bond acceptors (Lipinski definition) is 4. The summed E-state index contributed by atoms with van der Waals surface area (Å²) < 4.78 is 24.1. The van der Waals surface area contributed by atoms with Crippen LogP contribution in [-0.2, 0) is 18.6 Å². The van der Waals surface area contributed by atoms with Crippen LogP contribution in [0.1, 0.15) is 0 Å². The predicted octanol–water partition coefficient (Wildman–Crippen LogP) is -2.48. The van der Waals surface area contributed by atoms with Crippen molar-refractivity contribution in [2.75, 3.05) is 19.8 Å². The Balaban J connectivity index is -0.000000403. The van der Waals surface area contributed by atoms with E-state index in [9.17, 15) is 4.57 Å². The van der Waals surface area contributed by atoms with Crippen molar-refractivity contribution >= 4 is 162 Å². The van der Waals surface area contributed by atoms with Gasteiger partial charge in [-0.2, -0.15) is 0 Å². The maximum atomic E-state index is 10.2. The fourth-order valence-electron chi connectivity index (χ4n) is 0.680. The first kappa shape index (κ1) is 24.0. The third-order valence-corrected chi connectivity index (χ3v) is 1.55. The molecule has 2 N–H and O–H groups in total. The van der Waals surface area contributed by atoms with Gasteiger partial charge in [-0.1, -0.05) is 0 Å². The molecular weight excluding hydrogens is 292 g/mol. The van der Waals surface area contributed by atoms with E-state index in [4.69, 9.17) is 19.3 Å². The molecule has 6 nitrogen and oxygen atoms in total. The molecule has 0 aliphatic carbocycles. The van der Waals surface area contributed by atoms with Gasteiger partial charge >= 0.3 is 162 Å². The Morgan fingerprint density at radius 2 is 1.79 bits per heavy atom. The second-order valence-corrected chi connectivity index (χ2v) is 3.16. The minimum absolute atomic E-state index is 0. The summed E-state index contributed by atoms with van der Waals surface area (Å²) in [6.07, 6.45) is -0.940. The topological polar surface area (TPSA) is 85.2 Å². The van der Waals surface area contributed by atoms with Crippen molar-refractivity contribution in [2.24, 2.45) is 0 Å². The molecule has 1 heterocycles. The van der Waals surface area contributed by atoms with Crippen molar-refractivity contribution in [3.8, 4) is 0 Å². The van der Waals surface area contributed by atoms with Crippen LogP contribution in [0.25, 0.3) is 0 Å². The van der Waals surface area contributed by atoms with Gasteiger partial charge in [0.05, 0.1) is 19.8 Å². The molecule has 0 spiro atoms. The zero-order valence-electron chi connectivity index (χ0n) is 5.67. The van der Waals surface area contributed by atoms with Crippen LogP contribution in [-0.4, -0.2) is 190 Å². The SMILES string of the molecule is O=P(O)(O)OC1COCCO1.[KH].[KH].[KH]. The fourth-order valence-corrected chi connectivity index (χ4v) is 1.11. The Morgan fingerprint density at radius 3 is 2.14 bits per heavy atom. The van der Waals surface area contributed by atoms with E-state index in [-0.39, 0.29) is 161 Å². The molecule has 1 fully saturated rings. The molecule has 0 aromatic carbocycles. The van der Waals surface area contributed by atoms with Crippen molar-refractivity contribution in [2.45, 2.75) is 6.29 Å². The Hall–Kier alpha value is 4.94. The van der Waals surface area contributed by atoms with Gasteiger partial charge in [-0.25, -0.2) is 4.57 Å². The zero-order valence-corrected chi connectivity index (χ0v) is 6.57. The van der Waals surface area contributed by atoms with E-state index in [1.165, 1.54) is 0 Å². The molecule has 0 radical (unpaired) electrons. The third kappa shape index (κ3) is 13.4. The Morgan fingerprint density at radius 1 is 1.21 bits per heavy atom. The van der Waals surface area contributed by atoms with Crippen LogP contribution >= 0.6 is 7.82 Å². The van der Waals surface area contributed by atoms with Gasteiger partial charge in [-0.3, -0.25) is 4.52 Å². The minimum atomic E-state index is -4.44. The molecule has 1 aliphatic heterocycles. The second-order valence-electron chi connectivity index (χ2n) is 1.97. The molecule has 72 valence electrons. The van der Waals surface area contributed by atoms with Crippen LogP contribution in [0.15, 0.2) is 0 Å². The predicted molar refractivity (Wildman–Crippen MR) is 55.1 cm³/mol. The van der Waals surface area contributed by atoms with Crippen LogP contribution in [0.2, 0.25) is 0 Å². The van der Waals surface area contributed by atoms with Crippen LogP contribution in [0.4, 0.5) is 0 Å². The van der Waals surface area contributed by atoms with Crippen LogP contribution in [0.5, 0.6) is 0 Å². The van der Waals surface area contributed by atoms with E-state index < -0.39 is 14.1 Å². The summed E-state index contributed by atoms with van der Waals surface area (Å²) in [5, 5.41) is 0. The van der Waals surface area contributed by atoms with E-state index in [2.05, 4.69) is 4.52 Å². The summed E-state index contributed by atoms with van der Waals surface area (Å²) in [4.78, 5) is 16.6. The van der Waals surface area contributed by atoms with Gasteiger partial charge in [-0.05, 0) is 0 Å². The van der Waals surface area contributed by atoms with Crippen LogP contribution in [0.3, 0.4) is 0 Å². The molecule has 14 heavy (non-hydrogen) atoms. The molecule has 1 rings (SSSR count). The van der Waals surface area contributed by atoms with E-state index in [1.54, 1.807) is 0 Å². The molecule has 1 aliphatic rings. The van der Waals surface area contributed by atoms with Gasteiger partial charge in [0.2, 0.25) is 0 Å². The first-order valence-corrected chi connectivity index (χ1v) is 4.54. The Labute approximate surface area is 210 Å². The molecular formula is C4H12K3O6P. The van der Waals surface area contributed by atoms with Crippen molar-refractivity contribution in [1.82, 2.24) is 0 Å². The summed E-state index contributed by atoms with van der Waals surface area (Å²) in [7, 11) is -4.44. The molecule has 0 aromatic rings. The number of rotatable bonds is 2. The molecule has 0 saturated carbocycles. The molecule has 0 amide bonds. The van der Waals surface area contributed by atoms with E-state index in [1.807, 2.05) is 0 Å². The molecule has 1 unspecified atom stereocenters. The first-order chi connectivity index (χ1) is 5.08. The van der Waals surface area contributed by atoms with Gasteiger partial charge in [0.25, 0.3) is 0 Å². The molecule has 1 saturated heterocycles. The van der Waals surface area contributed by atoms with Gasteiger partial charge in [0.15, 0.2) is 6.29 Å². The average molecular weight is 304 g/mol. The van der Waals surface area contributed by atoms with Crippen molar-refractivity contribution in [1.29, 1.82) is 0 Å². The van der Waals surface area contributed by atoms with Gasteiger partial charge in [0, 0.05) is 0 Å². The fraction of sp³-hybridized carbons (Fsp3) is 1.00. The van der Waals surface area contributed by atoms with Crippen LogP contribution < -0.4 is 0 Å². The van der Waals surface area contributed by atoms with E-state index in [0.29, 0.717) is 13.2 Å². The summed E-state index contributed by atoms with van der Waals surface area (Å²) in [5.41, 5.74) is 0. The summed E-state index contributed by atoms with van der Waals surface area (Å²) >= 11 is 0. The van der Waals surface area contributed by atoms with Gasteiger partial charge < -0.3 is 19.3 Å². The average Bonchev–Trinajstić information content (AvgIpc) is 1.85. The molecule has 1 atom stereocenters. The number of phosphoric acid groups is 1. The summed E-state index contributed by atoms with van der Waals surface area (Å²) in [5.74, 6) is 0. The Bertz CT molecular complexity index is 168. The van der Waals surface area contributed by atoms with Crippen molar-refractivity contribution < 1.29 is 28.3 Å². The normalized spacial score (nSPS) is 21.1. The summed E-state index contributed by atoms with van der Waals surface area (Å²) in [6, 6.07) is 0. The number of hydrogen-bond donors (Lipinski definition) is 2. The summed E-state index contributed by atoms with van der Waals surface area (Å²) in [6.45, 7) is 0.788. The first-order valence-electron chi connectivity index (χ1n) is 3.01. The number of phosphoric ester groups is 1. The monoisotopic (exact) mass is 304 g/mol. The zero-order chi connectivity index (χ0) is 8.32. The third-order valence-electron chi connectivity index (χ3n) is 1.04. The van der Waals surface area contributed by atoms with Crippen LogP contribution in [0, 0.1) is 0 Å². The standard InChI is InChI=1S/C4H9O6P.3K.3H/c5-11(6,7)10-4-3-8-1-2-9-4;;;;;;/h4H,1-3H2,(H2,5,6,7);;;;;;. The number of ether oxygens (including phenoxy) is 2. The second kappa shape index (κ2) is 12.9. The van der Waals surface area contributed by atoms with Gasteiger partial charge in [-0.15, -0.1) is 0 Å². The molecule has 0 bridgehead atoms.